The van der Waals surface area contributed by atoms with E-state index in [0.717, 1.165) is 12.2 Å². The Morgan fingerprint density at radius 1 is 0.636 bits per heavy atom. The lowest BCUT2D eigenvalue weighted by Gasteiger charge is -2.23. The summed E-state index contributed by atoms with van der Waals surface area (Å²) in [5, 5.41) is 0. The summed E-state index contributed by atoms with van der Waals surface area (Å²) in [7, 11) is -5.84. The Kier molecular flexibility index (Phi) is 8.42. The second-order valence-electron chi connectivity index (χ2n) is 11.4. The van der Waals surface area contributed by atoms with Crippen LogP contribution in [0.1, 0.15) is 31.9 Å². The van der Waals surface area contributed by atoms with Gasteiger partial charge in [0, 0.05) is 0 Å². The molecular formula is C36H31F3O4S. The van der Waals surface area contributed by atoms with Crippen LogP contribution in [-0.4, -0.2) is 24.1 Å². The lowest BCUT2D eigenvalue weighted by atomic mass is 9.82. The molecule has 1 N–H and O–H groups in total. The van der Waals surface area contributed by atoms with Crippen LogP contribution in [0.15, 0.2) is 115 Å². The molecule has 0 unspecified atom stereocenters. The Morgan fingerprint density at radius 3 is 1.66 bits per heavy atom. The van der Waals surface area contributed by atoms with Crippen LogP contribution in [0.4, 0.5) is 13.2 Å². The average Bonchev–Trinajstić information content (AvgIpc) is 3.34. The van der Waals surface area contributed by atoms with Gasteiger partial charge in [0.25, 0.3) is 0 Å². The zero-order valence-electron chi connectivity index (χ0n) is 24.4. The number of hydrogen-bond acceptors (Lipinski definition) is 3. The van der Waals surface area contributed by atoms with Gasteiger partial charge in [-0.3, -0.25) is 4.55 Å². The highest BCUT2D eigenvalue weighted by Gasteiger charge is 2.44. The van der Waals surface area contributed by atoms with Crippen molar-refractivity contribution in [2.45, 2.75) is 38.3 Å². The van der Waals surface area contributed by atoms with E-state index in [0.29, 0.717) is 0 Å². The fourth-order valence-electron chi connectivity index (χ4n) is 5.39. The molecule has 5 aromatic rings. The van der Waals surface area contributed by atoms with Crippen molar-refractivity contribution in [1.29, 1.82) is 0 Å². The molecule has 1 aliphatic rings. The summed E-state index contributed by atoms with van der Waals surface area (Å²) in [4.78, 5) is 0. The van der Waals surface area contributed by atoms with Crippen molar-refractivity contribution < 1.29 is 30.9 Å². The van der Waals surface area contributed by atoms with Crippen LogP contribution in [0.3, 0.4) is 0 Å². The van der Waals surface area contributed by atoms with Crippen LogP contribution >= 0.6 is 0 Å². The summed E-state index contributed by atoms with van der Waals surface area (Å²) in [5.41, 5.74) is 7.30. The van der Waals surface area contributed by atoms with Gasteiger partial charge in [0.05, 0.1) is 0 Å². The highest BCUT2D eigenvalue weighted by atomic mass is 32.2. The van der Waals surface area contributed by atoms with Crippen molar-refractivity contribution in [3.63, 3.8) is 0 Å². The Bertz CT molecular complexity index is 1880. The predicted octanol–water partition coefficient (Wildman–Crippen LogP) is 9.83. The lowest BCUT2D eigenvalue weighted by Crippen LogP contribution is -2.22. The molecule has 0 spiro atoms. The number of rotatable bonds is 4. The van der Waals surface area contributed by atoms with Crippen LogP contribution in [0.5, 0.6) is 5.75 Å². The monoisotopic (exact) mass is 616 g/mol. The van der Waals surface area contributed by atoms with Gasteiger partial charge in [0.2, 0.25) is 0 Å². The summed E-state index contributed by atoms with van der Waals surface area (Å²) in [6, 6.07) is 41.5. The van der Waals surface area contributed by atoms with Gasteiger partial charge in [-0.15, -0.1) is 0 Å². The molecule has 1 aliphatic carbocycles. The first-order chi connectivity index (χ1) is 20.7. The van der Waals surface area contributed by atoms with Crippen LogP contribution in [0.2, 0.25) is 0 Å². The van der Waals surface area contributed by atoms with E-state index in [1.165, 1.54) is 55.6 Å². The Balaban J connectivity index is 0.000000426. The molecule has 0 radical (unpaired) electrons. The standard InChI is InChI=1S/C35H30O.CHF3O3S/c1-35(2,3)36-28-20-18-24(19-21-28)30-23-31-29-17-11-10-16-27(29)22-32(31)34(26-14-8-5-9-15-26)33(30)25-12-6-4-7-13-25;2-1(3,4)8(5,6)7/h4-21,23H,22H2,1-3H3;(H,5,6,7). The van der Waals surface area contributed by atoms with E-state index in [4.69, 9.17) is 17.7 Å². The molecule has 0 saturated heterocycles. The molecule has 0 amide bonds. The predicted molar refractivity (Wildman–Crippen MR) is 169 cm³/mol. The van der Waals surface area contributed by atoms with E-state index >= 15 is 0 Å². The van der Waals surface area contributed by atoms with Crippen LogP contribution in [0.25, 0.3) is 44.5 Å². The van der Waals surface area contributed by atoms with E-state index in [2.05, 4.69) is 136 Å². The quantitative estimate of drug-likeness (QED) is 0.158. The summed E-state index contributed by atoms with van der Waals surface area (Å²) in [6.07, 6.45) is 0.953. The summed E-state index contributed by atoms with van der Waals surface area (Å²) < 4.78 is 63.7. The number of ether oxygens (including phenoxy) is 1. The molecule has 0 saturated carbocycles. The van der Waals surface area contributed by atoms with Gasteiger partial charge in [-0.2, -0.15) is 21.6 Å². The topological polar surface area (TPSA) is 63.6 Å². The van der Waals surface area contributed by atoms with E-state index in [1.807, 2.05) is 0 Å². The first kappa shape index (κ1) is 31.0. The number of halogens is 3. The molecule has 0 heterocycles. The van der Waals surface area contributed by atoms with Crippen molar-refractivity contribution in [1.82, 2.24) is 0 Å². The molecule has 226 valence electrons. The maximum Gasteiger partial charge on any atom is 0.522 e. The van der Waals surface area contributed by atoms with Gasteiger partial charge < -0.3 is 4.74 Å². The summed E-state index contributed by atoms with van der Waals surface area (Å²) >= 11 is 0. The van der Waals surface area contributed by atoms with Crippen molar-refractivity contribution in [3.8, 4) is 50.3 Å². The molecule has 44 heavy (non-hydrogen) atoms. The second-order valence-corrected chi connectivity index (χ2v) is 12.8. The van der Waals surface area contributed by atoms with E-state index in [1.54, 1.807) is 0 Å². The van der Waals surface area contributed by atoms with Gasteiger partial charge in [0.1, 0.15) is 11.4 Å². The SMILES string of the molecule is CC(C)(C)Oc1ccc(-c2cc3c(c(-c4ccccc4)c2-c2ccccc2)Cc2ccccc2-3)cc1.O=S(=O)(O)C(F)(F)F. The molecule has 4 nitrogen and oxygen atoms in total. The van der Waals surface area contributed by atoms with Crippen LogP contribution in [0, 0.1) is 0 Å². The third-order valence-electron chi connectivity index (χ3n) is 7.12. The minimum atomic E-state index is -5.84. The van der Waals surface area contributed by atoms with Gasteiger partial charge in [0.15, 0.2) is 0 Å². The highest BCUT2D eigenvalue weighted by Crippen LogP contribution is 2.50. The van der Waals surface area contributed by atoms with E-state index in [9.17, 15) is 13.2 Å². The maximum atomic E-state index is 10.7. The Morgan fingerprint density at radius 2 is 1.14 bits per heavy atom. The molecular weight excluding hydrogens is 585 g/mol. The number of fused-ring (bicyclic) bond motifs is 3. The first-order valence-electron chi connectivity index (χ1n) is 13.9. The first-order valence-corrected chi connectivity index (χ1v) is 15.4. The van der Waals surface area contributed by atoms with Gasteiger partial charge in [-0.25, -0.2) is 0 Å². The summed E-state index contributed by atoms with van der Waals surface area (Å²) in [6.45, 7) is 6.25. The molecule has 6 rings (SSSR count). The van der Waals surface area contributed by atoms with E-state index in [-0.39, 0.29) is 5.60 Å². The summed E-state index contributed by atoms with van der Waals surface area (Å²) in [5.74, 6) is 0.891. The van der Waals surface area contributed by atoms with Gasteiger partial charge in [-0.1, -0.05) is 97.1 Å². The molecule has 8 heteroatoms. The van der Waals surface area contributed by atoms with E-state index < -0.39 is 15.6 Å². The van der Waals surface area contributed by atoms with Gasteiger partial charge in [-0.05, 0) is 101 Å². The molecule has 0 bridgehead atoms. The molecule has 0 aliphatic heterocycles. The fraction of sp³-hybridized carbons (Fsp3) is 0.167. The number of alkyl halides is 3. The number of benzene rings is 5. The Labute approximate surface area is 255 Å². The van der Waals surface area contributed by atoms with Gasteiger partial charge >= 0.3 is 15.6 Å². The van der Waals surface area contributed by atoms with Crippen molar-refractivity contribution in [2.75, 3.05) is 0 Å². The third kappa shape index (κ3) is 6.72. The van der Waals surface area contributed by atoms with Crippen molar-refractivity contribution in [3.05, 3.63) is 126 Å². The Hall–Kier alpha value is -4.40. The molecule has 5 aromatic carbocycles. The average molecular weight is 617 g/mol. The molecule has 0 atom stereocenters. The minimum Gasteiger partial charge on any atom is -0.488 e. The van der Waals surface area contributed by atoms with Crippen molar-refractivity contribution in [2.24, 2.45) is 0 Å². The third-order valence-corrected chi connectivity index (χ3v) is 7.70. The fourth-order valence-corrected chi connectivity index (χ4v) is 5.39. The smallest absolute Gasteiger partial charge is 0.488 e. The van der Waals surface area contributed by atoms with Crippen LogP contribution in [-0.2, 0) is 16.5 Å². The van der Waals surface area contributed by atoms with Crippen LogP contribution < -0.4 is 4.74 Å². The van der Waals surface area contributed by atoms with Crippen molar-refractivity contribution >= 4 is 10.1 Å². The zero-order chi connectivity index (χ0) is 31.7. The second kappa shape index (κ2) is 11.9. The minimum absolute atomic E-state index is 0.228. The lowest BCUT2D eigenvalue weighted by molar-refractivity contribution is -0.0510. The highest BCUT2D eigenvalue weighted by molar-refractivity contribution is 7.86. The molecule has 0 aromatic heterocycles. The largest absolute Gasteiger partial charge is 0.522 e. The maximum absolute atomic E-state index is 10.7. The number of hydrogen-bond donors (Lipinski definition) is 1. The molecule has 0 fully saturated rings. The zero-order valence-corrected chi connectivity index (χ0v) is 25.2. The normalized spacial score (nSPS) is 12.5.